The summed E-state index contributed by atoms with van der Waals surface area (Å²) in [6, 6.07) is 14.0. The first-order valence-electron chi connectivity index (χ1n) is 9.93. The molecule has 7 nitrogen and oxygen atoms in total. The van der Waals surface area contributed by atoms with E-state index in [0.717, 1.165) is 26.9 Å². The van der Waals surface area contributed by atoms with Crippen LogP contribution in [0.25, 0.3) is 10.6 Å². The Hall–Kier alpha value is -2.75. The van der Waals surface area contributed by atoms with Gasteiger partial charge >= 0.3 is 0 Å². The zero-order valence-corrected chi connectivity index (χ0v) is 18.9. The Morgan fingerprint density at radius 1 is 1.23 bits per heavy atom. The highest BCUT2D eigenvalue weighted by atomic mass is 32.2. The third-order valence-corrected chi connectivity index (χ3v) is 8.10. The van der Waals surface area contributed by atoms with Crippen molar-refractivity contribution in [1.29, 1.82) is 0 Å². The fourth-order valence-corrected chi connectivity index (χ4v) is 5.98. The number of anilines is 1. The van der Waals surface area contributed by atoms with Crippen molar-refractivity contribution in [3.8, 4) is 16.3 Å². The van der Waals surface area contributed by atoms with Gasteiger partial charge in [-0.25, -0.2) is 13.4 Å². The number of nitrogens with one attached hydrogen (secondary N) is 1. The number of hydrogen-bond donors (Lipinski definition) is 1. The molecule has 0 saturated carbocycles. The van der Waals surface area contributed by atoms with Crippen LogP contribution in [0.5, 0.6) is 5.75 Å². The summed E-state index contributed by atoms with van der Waals surface area (Å²) in [6.07, 6.45) is 0.933. The maximum Gasteiger partial charge on any atom is 0.243 e. The normalized spacial score (nSPS) is 14.1. The molecule has 1 aromatic heterocycles. The molecule has 0 spiro atoms. The van der Waals surface area contributed by atoms with Crippen molar-refractivity contribution >= 4 is 33.0 Å². The van der Waals surface area contributed by atoms with Gasteiger partial charge in [0.05, 0.1) is 24.2 Å². The Kier molecular flexibility index (Phi) is 6.08. The van der Waals surface area contributed by atoms with Crippen LogP contribution >= 0.6 is 11.3 Å². The molecule has 0 atom stereocenters. The van der Waals surface area contributed by atoms with Crippen molar-refractivity contribution in [3.63, 3.8) is 0 Å². The molecule has 4 rings (SSSR count). The summed E-state index contributed by atoms with van der Waals surface area (Å²) in [5.41, 5.74) is 2.49. The third-order valence-electron chi connectivity index (χ3n) is 5.11. The lowest BCUT2D eigenvalue weighted by atomic mass is 10.2. The van der Waals surface area contributed by atoms with E-state index in [2.05, 4.69) is 5.32 Å². The number of aromatic nitrogens is 1. The van der Waals surface area contributed by atoms with Crippen LogP contribution < -0.4 is 10.1 Å². The minimum absolute atomic E-state index is 0.115. The molecule has 0 saturated heterocycles. The van der Waals surface area contributed by atoms with Crippen molar-refractivity contribution in [3.05, 3.63) is 59.1 Å². The zero-order chi connectivity index (χ0) is 22.0. The smallest absolute Gasteiger partial charge is 0.243 e. The van der Waals surface area contributed by atoms with Crippen LogP contribution in [0.4, 0.5) is 5.69 Å². The Labute approximate surface area is 185 Å². The van der Waals surface area contributed by atoms with Gasteiger partial charge in [0.1, 0.15) is 10.8 Å². The number of rotatable bonds is 6. The second-order valence-corrected chi connectivity index (χ2v) is 10.2. The number of fused-ring (bicyclic) bond motifs is 1. The molecule has 1 aliphatic rings. The summed E-state index contributed by atoms with van der Waals surface area (Å²) >= 11 is 1.51. The van der Waals surface area contributed by atoms with Gasteiger partial charge in [0.25, 0.3) is 0 Å². The van der Waals surface area contributed by atoms with E-state index in [1.54, 1.807) is 26.2 Å². The first-order valence-corrected chi connectivity index (χ1v) is 12.2. The van der Waals surface area contributed by atoms with Gasteiger partial charge in [-0.1, -0.05) is 19.1 Å². The van der Waals surface area contributed by atoms with Gasteiger partial charge < -0.3 is 10.1 Å². The highest BCUT2D eigenvalue weighted by Gasteiger charge is 2.30. The summed E-state index contributed by atoms with van der Waals surface area (Å²) in [4.78, 5) is 17.4. The molecule has 0 aliphatic carbocycles. The molecule has 2 heterocycles. The number of ether oxygens (including phenoxy) is 1. The lowest BCUT2D eigenvalue weighted by molar-refractivity contribution is -0.115. The van der Waals surface area contributed by atoms with Gasteiger partial charge in [0.2, 0.25) is 15.9 Å². The minimum atomic E-state index is -3.64. The van der Waals surface area contributed by atoms with E-state index < -0.39 is 10.0 Å². The van der Waals surface area contributed by atoms with E-state index in [9.17, 15) is 13.2 Å². The first kappa shape index (κ1) is 21.5. The average molecular weight is 458 g/mol. The molecule has 0 unspecified atom stereocenters. The molecular formula is C22H23N3O4S2. The molecule has 0 radical (unpaired) electrons. The molecule has 9 heteroatoms. The number of methoxy groups -OCH3 is 1. The predicted molar refractivity (Wildman–Crippen MR) is 121 cm³/mol. The minimum Gasteiger partial charge on any atom is -0.497 e. The topological polar surface area (TPSA) is 88.6 Å². The van der Waals surface area contributed by atoms with Crippen LogP contribution in [0, 0.1) is 0 Å². The number of amides is 1. The number of hydrogen-bond acceptors (Lipinski definition) is 6. The molecule has 0 fully saturated rings. The van der Waals surface area contributed by atoms with Crippen LogP contribution in [0.1, 0.15) is 23.9 Å². The summed E-state index contributed by atoms with van der Waals surface area (Å²) in [5, 5.41) is 3.59. The van der Waals surface area contributed by atoms with Crippen molar-refractivity contribution in [1.82, 2.24) is 9.29 Å². The van der Waals surface area contributed by atoms with Crippen molar-refractivity contribution in [2.75, 3.05) is 19.0 Å². The number of benzene rings is 2. The lowest BCUT2D eigenvalue weighted by Gasteiger charge is -2.25. The van der Waals surface area contributed by atoms with Gasteiger partial charge in [-0.05, 0) is 36.4 Å². The van der Waals surface area contributed by atoms with Gasteiger partial charge in [0, 0.05) is 35.5 Å². The number of carbonyl (C=O) groups is 1. The fourth-order valence-electron chi connectivity index (χ4n) is 3.37. The zero-order valence-electron chi connectivity index (χ0n) is 17.3. The van der Waals surface area contributed by atoms with Crippen LogP contribution in [0.15, 0.2) is 53.4 Å². The third kappa shape index (κ3) is 4.48. The van der Waals surface area contributed by atoms with Crippen LogP contribution in [-0.4, -0.2) is 37.3 Å². The van der Waals surface area contributed by atoms with Crippen molar-refractivity contribution in [2.45, 2.75) is 31.2 Å². The van der Waals surface area contributed by atoms with E-state index in [0.29, 0.717) is 31.6 Å². The molecule has 3 aromatic rings. The quantitative estimate of drug-likeness (QED) is 0.606. The molecular weight excluding hydrogens is 434 g/mol. The summed E-state index contributed by atoms with van der Waals surface area (Å²) in [6.45, 7) is 2.44. The Morgan fingerprint density at radius 3 is 2.71 bits per heavy atom. The maximum atomic E-state index is 13.2. The molecule has 31 heavy (non-hydrogen) atoms. The van der Waals surface area contributed by atoms with Gasteiger partial charge in [0.15, 0.2) is 0 Å². The number of thiazole rings is 1. The summed E-state index contributed by atoms with van der Waals surface area (Å²) in [5.74, 6) is 0.643. The SMILES string of the molecule is CCC(=O)Nc1ccc(S(=O)(=O)N2CCc3nc(-c4cccc(OC)c4)sc3C2)cc1. The summed E-state index contributed by atoms with van der Waals surface area (Å²) < 4.78 is 33.1. The highest BCUT2D eigenvalue weighted by Crippen LogP contribution is 2.34. The Morgan fingerprint density at radius 2 is 2.00 bits per heavy atom. The molecule has 1 aliphatic heterocycles. The molecule has 1 amide bonds. The summed E-state index contributed by atoms with van der Waals surface area (Å²) in [7, 11) is -2.02. The molecule has 162 valence electrons. The van der Waals surface area contributed by atoms with E-state index >= 15 is 0 Å². The van der Waals surface area contributed by atoms with Gasteiger partial charge in [-0.2, -0.15) is 4.31 Å². The molecule has 0 bridgehead atoms. The second kappa shape index (κ2) is 8.78. The maximum absolute atomic E-state index is 13.2. The van der Waals surface area contributed by atoms with Crippen LogP contribution in [0.2, 0.25) is 0 Å². The highest BCUT2D eigenvalue weighted by molar-refractivity contribution is 7.89. The van der Waals surface area contributed by atoms with Crippen LogP contribution in [-0.2, 0) is 27.8 Å². The number of nitrogens with zero attached hydrogens (tertiary/aromatic N) is 2. The monoisotopic (exact) mass is 457 g/mol. The van der Waals surface area contributed by atoms with Gasteiger partial charge in [-0.3, -0.25) is 4.79 Å². The number of sulfonamides is 1. The first-order chi connectivity index (χ1) is 14.9. The van der Waals surface area contributed by atoms with Gasteiger partial charge in [-0.15, -0.1) is 11.3 Å². The molecule has 2 aromatic carbocycles. The number of carbonyl (C=O) groups excluding carboxylic acids is 1. The van der Waals surface area contributed by atoms with E-state index in [1.165, 1.54) is 27.8 Å². The Balaban J connectivity index is 1.54. The molecule has 1 N–H and O–H groups in total. The average Bonchev–Trinajstić information content (AvgIpc) is 3.23. The fraction of sp³-hybridized carbons (Fsp3) is 0.273. The second-order valence-electron chi connectivity index (χ2n) is 7.14. The standard InChI is InChI=1S/C22H23N3O4S2/c1-3-21(26)23-16-7-9-18(10-8-16)31(27,28)25-12-11-19-20(14-25)30-22(24-19)15-5-4-6-17(13-15)29-2/h4-10,13H,3,11-12,14H2,1-2H3,(H,23,26). The van der Waals surface area contributed by atoms with Crippen molar-refractivity contribution in [2.24, 2.45) is 0 Å². The van der Waals surface area contributed by atoms with E-state index in [4.69, 9.17) is 9.72 Å². The Bertz CT molecular complexity index is 1200. The van der Waals surface area contributed by atoms with E-state index in [-0.39, 0.29) is 10.8 Å². The van der Waals surface area contributed by atoms with E-state index in [1.807, 2.05) is 24.3 Å². The van der Waals surface area contributed by atoms with Crippen LogP contribution in [0.3, 0.4) is 0 Å². The predicted octanol–water partition coefficient (Wildman–Crippen LogP) is 3.91. The largest absolute Gasteiger partial charge is 0.497 e. The lowest BCUT2D eigenvalue weighted by Crippen LogP contribution is -2.35. The van der Waals surface area contributed by atoms with Crippen molar-refractivity contribution < 1.29 is 17.9 Å².